The third-order valence-corrected chi connectivity index (χ3v) is 5.03. The fraction of sp³-hybridized carbons (Fsp3) is 0.650. The number of piperazine rings is 1. The fourth-order valence-electron chi connectivity index (χ4n) is 3.21. The van der Waals surface area contributed by atoms with E-state index in [9.17, 15) is 0 Å². The zero-order valence-corrected chi connectivity index (χ0v) is 16.1. The smallest absolute Gasteiger partial charge is 0.193 e. The molecule has 1 aliphatic carbocycles. The van der Waals surface area contributed by atoms with Crippen LogP contribution in [0, 0.1) is 5.92 Å². The summed E-state index contributed by atoms with van der Waals surface area (Å²) in [4.78, 5) is 9.19. The topological polar surface area (TPSA) is 49.3 Å². The second-order valence-electron chi connectivity index (χ2n) is 7.02. The van der Waals surface area contributed by atoms with E-state index < -0.39 is 0 Å². The molecule has 0 spiro atoms. The maximum Gasteiger partial charge on any atom is 0.193 e. The largest absolute Gasteiger partial charge is 0.497 e. The molecular formula is C20H32N4O2. The summed E-state index contributed by atoms with van der Waals surface area (Å²) in [5.74, 6) is 2.75. The molecule has 1 saturated carbocycles. The predicted molar refractivity (Wildman–Crippen MR) is 106 cm³/mol. The second kappa shape index (κ2) is 9.67. The van der Waals surface area contributed by atoms with Crippen molar-refractivity contribution < 1.29 is 9.47 Å². The van der Waals surface area contributed by atoms with Crippen LogP contribution in [0.4, 0.5) is 5.69 Å². The number of nitrogens with zero attached hydrogens (tertiary/aromatic N) is 3. The number of ether oxygens (including phenoxy) is 2. The van der Waals surface area contributed by atoms with Gasteiger partial charge in [0.25, 0.3) is 0 Å². The first-order valence-corrected chi connectivity index (χ1v) is 9.72. The maximum absolute atomic E-state index is 5.69. The Morgan fingerprint density at radius 3 is 2.50 bits per heavy atom. The van der Waals surface area contributed by atoms with E-state index in [1.807, 2.05) is 19.2 Å². The predicted octanol–water partition coefficient (Wildman–Crippen LogP) is 2.21. The zero-order chi connectivity index (χ0) is 18.2. The van der Waals surface area contributed by atoms with E-state index in [-0.39, 0.29) is 0 Å². The van der Waals surface area contributed by atoms with Crippen molar-refractivity contribution in [3.63, 3.8) is 0 Å². The van der Waals surface area contributed by atoms with E-state index in [0.717, 1.165) is 70.0 Å². The van der Waals surface area contributed by atoms with E-state index in [0.29, 0.717) is 0 Å². The lowest BCUT2D eigenvalue weighted by Gasteiger charge is -2.37. The van der Waals surface area contributed by atoms with E-state index in [1.54, 1.807) is 7.11 Å². The standard InChI is InChI=1S/C20H32N4O2/c1-21-20(22-10-3-15-26-16-17-4-5-17)24-13-11-23(12-14-24)18-6-8-19(25-2)9-7-18/h6-9,17H,3-5,10-16H2,1-2H3,(H,21,22). The van der Waals surface area contributed by atoms with Gasteiger partial charge in [-0.1, -0.05) is 0 Å². The van der Waals surface area contributed by atoms with Crippen LogP contribution < -0.4 is 15.0 Å². The highest BCUT2D eigenvalue weighted by Gasteiger charge is 2.21. The molecule has 0 amide bonds. The van der Waals surface area contributed by atoms with Crippen LogP contribution >= 0.6 is 0 Å². The van der Waals surface area contributed by atoms with Gasteiger partial charge in [0.15, 0.2) is 5.96 Å². The molecule has 0 unspecified atom stereocenters. The van der Waals surface area contributed by atoms with Crippen molar-refractivity contribution in [1.82, 2.24) is 10.2 Å². The molecule has 0 radical (unpaired) electrons. The van der Waals surface area contributed by atoms with E-state index >= 15 is 0 Å². The molecule has 26 heavy (non-hydrogen) atoms. The van der Waals surface area contributed by atoms with Crippen molar-refractivity contribution in [2.45, 2.75) is 19.3 Å². The summed E-state index contributed by atoms with van der Waals surface area (Å²) in [6.07, 6.45) is 3.73. The van der Waals surface area contributed by atoms with E-state index in [4.69, 9.17) is 9.47 Å². The zero-order valence-electron chi connectivity index (χ0n) is 16.1. The Balaban J connectivity index is 1.36. The number of nitrogens with one attached hydrogen (secondary N) is 1. The summed E-state index contributed by atoms with van der Waals surface area (Å²) in [6, 6.07) is 8.30. The van der Waals surface area contributed by atoms with Gasteiger partial charge in [0.05, 0.1) is 7.11 Å². The normalized spacial score (nSPS) is 18.2. The number of aliphatic imine (C=N–C) groups is 1. The Morgan fingerprint density at radius 2 is 1.88 bits per heavy atom. The fourth-order valence-corrected chi connectivity index (χ4v) is 3.21. The van der Waals surface area contributed by atoms with Gasteiger partial charge in [0.2, 0.25) is 0 Å². The van der Waals surface area contributed by atoms with Gasteiger partial charge >= 0.3 is 0 Å². The minimum Gasteiger partial charge on any atom is -0.497 e. The minimum atomic E-state index is 0.839. The Kier molecular flexibility index (Phi) is 7.00. The Bertz CT molecular complexity index is 564. The molecule has 144 valence electrons. The molecule has 1 N–H and O–H groups in total. The van der Waals surface area contributed by atoms with Crippen molar-refractivity contribution in [2.75, 3.05) is 65.0 Å². The minimum absolute atomic E-state index is 0.839. The quantitative estimate of drug-likeness (QED) is 0.438. The van der Waals surface area contributed by atoms with Crippen LogP contribution in [0.5, 0.6) is 5.75 Å². The molecule has 1 aliphatic heterocycles. The van der Waals surface area contributed by atoms with E-state index in [2.05, 4.69) is 32.2 Å². The van der Waals surface area contributed by atoms with Gasteiger partial charge in [-0.3, -0.25) is 4.99 Å². The third-order valence-electron chi connectivity index (χ3n) is 5.03. The Labute approximate surface area is 157 Å². The molecule has 2 fully saturated rings. The number of guanidine groups is 1. The van der Waals surface area contributed by atoms with Crippen molar-refractivity contribution in [3.05, 3.63) is 24.3 Å². The molecule has 0 bridgehead atoms. The molecule has 1 aromatic carbocycles. The molecule has 3 rings (SSSR count). The van der Waals surface area contributed by atoms with Crippen molar-refractivity contribution >= 4 is 11.6 Å². The molecule has 1 saturated heterocycles. The monoisotopic (exact) mass is 360 g/mol. The third kappa shape index (κ3) is 5.53. The van der Waals surface area contributed by atoms with Gasteiger partial charge in [0.1, 0.15) is 5.75 Å². The highest BCUT2D eigenvalue weighted by atomic mass is 16.5. The number of anilines is 1. The van der Waals surface area contributed by atoms with Crippen molar-refractivity contribution in [2.24, 2.45) is 10.9 Å². The van der Waals surface area contributed by atoms with Crippen LogP contribution in [0.2, 0.25) is 0 Å². The summed E-state index contributed by atoms with van der Waals surface area (Å²) in [6.45, 7) is 6.65. The van der Waals surface area contributed by atoms with Gasteiger partial charge in [0, 0.05) is 58.7 Å². The number of rotatable bonds is 8. The molecule has 6 heteroatoms. The van der Waals surface area contributed by atoms with Gasteiger partial charge in [-0.25, -0.2) is 0 Å². The van der Waals surface area contributed by atoms with Gasteiger partial charge in [-0.15, -0.1) is 0 Å². The highest BCUT2D eigenvalue weighted by molar-refractivity contribution is 5.80. The lowest BCUT2D eigenvalue weighted by atomic mass is 10.2. The lowest BCUT2D eigenvalue weighted by molar-refractivity contribution is 0.122. The summed E-state index contributed by atoms with van der Waals surface area (Å²) in [5, 5.41) is 3.47. The van der Waals surface area contributed by atoms with Crippen LogP contribution in [0.25, 0.3) is 0 Å². The lowest BCUT2D eigenvalue weighted by Crippen LogP contribution is -2.52. The molecule has 1 heterocycles. The van der Waals surface area contributed by atoms with Crippen LogP contribution in [0.15, 0.2) is 29.3 Å². The van der Waals surface area contributed by atoms with Gasteiger partial charge in [-0.2, -0.15) is 0 Å². The summed E-state index contributed by atoms with van der Waals surface area (Å²) in [7, 11) is 3.56. The summed E-state index contributed by atoms with van der Waals surface area (Å²) in [5.41, 5.74) is 1.25. The van der Waals surface area contributed by atoms with Gasteiger partial charge < -0.3 is 24.6 Å². The average molecular weight is 361 g/mol. The first-order chi connectivity index (χ1) is 12.8. The summed E-state index contributed by atoms with van der Waals surface area (Å²) < 4.78 is 10.9. The van der Waals surface area contributed by atoms with Crippen LogP contribution in [0.1, 0.15) is 19.3 Å². The highest BCUT2D eigenvalue weighted by Crippen LogP contribution is 2.28. The number of hydrogen-bond acceptors (Lipinski definition) is 4. The van der Waals surface area contributed by atoms with Crippen molar-refractivity contribution in [1.29, 1.82) is 0 Å². The molecular weight excluding hydrogens is 328 g/mol. The second-order valence-corrected chi connectivity index (χ2v) is 7.02. The van der Waals surface area contributed by atoms with Crippen LogP contribution in [-0.4, -0.2) is 71.0 Å². The molecule has 6 nitrogen and oxygen atoms in total. The molecule has 1 aromatic rings. The number of hydrogen-bond donors (Lipinski definition) is 1. The molecule has 0 atom stereocenters. The first kappa shape index (κ1) is 18.8. The molecule has 0 aromatic heterocycles. The summed E-state index contributed by atoms with van der Waals surface area (Å²) >= 11 is 0. The van der Waals surface area contributed by atoms with Crippen LogP contribution in [-0.2, 0) is 4.74 Å². The van der Waals surface area contributed by atoms with Crippen molar-refractivity contribution in [3.8, 4) is 5.75 Å². The maximum atomic E-state index is 5.69. The van der Waals surface area contributed by atoms with E-state index in [1.165, 1.54) is 18.5 Å². The average Bonchev–Trinajstić information content (AvgIpc) is 3.52. The number of methoxy groups -OCH3 is 1. The Morgan fingerprint density at radius 1 is 1.15 bits per heavy atom. The number of benzene rings is 1. The Hall–Kier alpha value is -1.95. The van der Waals surface area contributed by atoms with Gasteiger partial charge in [-0.05, 0) is 49.4 Å². The molecule has 2 aliphatic rings. The SMILES string of the molecule is CN=C(NCCCOCC1CC1)N1CCN(c2ccc(OC)cc2)CC1. The first-order valence-electron chi connectivity index (χ1n) is 9.72. The van der Waals surface area contributed by atoms with Crippen LogP contribution in [0.3, 0.4) is 0 Å².